The van der Waals surface area contributed by atoms with Gasteiger partial charge in [-0.3, -0.25) is 0 Å². The molecule has 0 bridgehead atoms. The fourth-order valence-corrected chi connectivity index (χ4v) is 4.57. The number of anilines is 1. The first-order chi connectivity index (χ1) is 15.7. The summed E-state index contributed by atoms with van der Waals surface area (Å²) in [4.78, 5) is 4.48. The van der Waals surface area contributed by atoms with Gasteiger partial charge < -0.3 is 14.8 Å². The Bertz CT molecular complexity index is 1340. The Morgan fingerprint density at radius 3 is 2.66 bits per heavy atom. The van der Waals surface area contributed by atoms with E-state index in [1.165, 1.54) is 5.56 Å². The lowest BCUT2D eigenvalue weighted by molar-refractivity contribution is 0.223. The van der Waals surface area contributed by atoms with Crippen LogP contribution in [-0.2, 0) is 0 Å². The maximum absolute atomic E-state index is 6.64. The molecule has 1 aromatic heterocycles. The molecule has 6 nitrogen and oxygen atoms in total. The number of methoxy groups -OCH3 is 1. The molecule has 0 aliphatic carbocycles. The highest BCUT2D eigenvalue weighted by Gasteiger charge is 2.40. The summed E-state index contributed by atoms with van der Waals surface area (Å²) in [6.45, 7) is 2.09. The van der Waals surface area contributed by atoms with E-state index in [-0.39, 0.29) is 12.1 Å². The van der Waals surface area contributed by atoms with Crippen LogP contribution in [0.3, 0.4) is 0 Å². The summed E-state index contributed by atoms with van der Waals surface area (Å²) in [6.07, 6.45) is 1.31. The number of hydrogen-bond donors (Lipinski definition) is 1. The summed E-state index contributed by atoms with van der Waals surface area (Å²) in [7, 11) is 1.68. The van der Waals surface area contributed by atoms with Crippen molar-refractivity contribution in [3.8, 4) is 11.5 Å². The molecule has 6 rings (SSSR count). The predicted molar refractivity (Wildman–Crippen MR) is 123 cm³/mol. The number of nitrogens with one attached hydrogen (secondary N) is 1. The molecule has 158 valence electrons. The van der Waals surface area contributed by atoms with Crippen molar-refractivity contribution < 1.29 is 9.47 Å². The molecule has 0 spiro atoms. The van der Waals surface area contributed by atoms with Gasteiger partial charge >= 0.3 is 0 Å². The molecule has 6 heteroatoms. The molecular weight excluding hydrogens is 400 g/mol. The van der Waals surface area contributed by atoms with Gasteiger partial charge in [0.15, 0.2) is 0 Å². The smallest absolute Gasteiger partial charge is 0.226 e. The number of benzene rings is 3. The minimum Gasteiger partial charge on any atom is -0.497 e. The van der Waals surface area contributed by atoms with Crippen LogP contribution >= 0.6 is 0 Å². The van der Waals surface area contributed by atoms with E-state index in [0.29, 0.717) is 5.95 Å². The molecule has 0 radical (unpaired) electrons. The average molecular weight is 422 g/mol. The minimum atomic E-state index is -0.276. The van der Waals surface area contributed by atoms with Gasteiger partial charge in [0.05, 0.1) is 12.8 Å². The van der Waals surface area contributed by atoms with E-state index in [9.17, 15) is 0 Å². The Kier molecular flexibility index (Phi) is 4.24. The molecule has 2 atom stereocenters. The zero-order chi connectivity index (χ0) is 21.7. The Balaban J connectivity index is 1.62. The first-order valence-electron chi connectivity index (χ1n) is 10.6. The molecule has 3 aromatic carbocycles. The number of fused-ring (bicyclic) bond motifs is 3. The molecule has 1 N–H and O–H groups in total. The standard InChI is InChI=1S/C26H22N4O2/c1-16-10-12-17(13-11-16)25-22-23(20-8-3-4-9-21(20)32-25)29-26-27-15-28-30(26)24(22)18-6-5-7-19(14-18)31-2/h3-15,24-25H,1-2H3,(H,27,28,29)/t24-,25-/m1/s1. The van der Waals surface area contributed by atoms with Crippen LogP contribution < -0.4 is 14.8 Å². The Morgan fingerprint density at radius 1 is 0.969 bits per heavy atom. The number of nitrogens with zero attached hydrogens (tertiary/aromatic N) is 3. The van der Waals surface area contributed by atoms with Gasteiger partial charge in [-0.15, -0.1) is 0 Å². The van der Waals surface area contributed by atoms with Gasteiger partial charge in [-0.05, 0) is 42.3 Å². The number of rotatable bonds is 3. The van der Waals surface area contributed by atoms with Crippen LogP contribution in [0.4, 0.5) is 5.95 Å². The lowest BCUT2D eigenvalue weighted by Gasteiger charge is -2.39. The first-order valence-corrected chi connectivity index (χ1v) is 10.6. The van der Waals surface area contributed by atoms with Crippen LogP contribution in [0.25, 0.3) is 5.70 Å². The van der Waals surface area contributed by atoms with Crippen LogP contribution in [0, 0.1) is 6.92 Å². The third-order valence-electron chi connectivity index (χ3n) is 6.11. The van der Waals surface area contributed by atoms with Crippen molar-refractivity contribution in [3.05, 3.63) is 107 Å². The SMILES string of the molecule is COc1cccc([C@@H]2C3=C(Nc4ncnn42)c2ccccc2O[C@@H]3c2ccc(C)cc2)c1. The summed E-state index contributed by atoms with van der Waals surface area (Å²) < 4.78 is 14.1. The second-order valence-corrected chi connectivity index (χ2v) is 8.07. The van der Waals surface area contributed by atoms with E-state index < -0.39 is 0 Å². The topological polar surface area (TPSA) is 61.2 Å². The van der Waals surface area contributed by atoms with E-state index >= 15 is 0 Å². The summed E-state index contributed by atoms with van der Waals surface area (Å²) in [6, 6.07) is 24.6. The van der Waals surface area contributed by atoms with Gasteiger partial charge in [-0.1, -0.05) is 54.1 Å². The molecule has 2 aliphatic heterocycles. The van der Waals surface area contributed by atoms with Gasteiger partial charge in [-0.25, -0.2) is 4.68 Å². The van der Waals surface area contributed by atoms with Crippen molar-refractivity contribution in [2.45, 2.75) is 19.1 Å². The second kappa shape index (κ2) is 7.27. The third kappa shape index (κ3) is 2.87. The average Bonchev–Trinajstić information content (AvgIpc) is 3.31. The Labute approximate surface area is 186 Å². The van der Waals surface area contributed by atoms with Gasteiger partial charge in [0, 0.05) is 11.1 Å². The van der Waals surface area contributed by atoms with E-state index in [1.54, 1.807) is 13.4 Å². The number of ether oxygens (including phenoxy) is 2. The van der Waals surface area contributed by atoms with Crippen LogP contribution in [0.1, 0.15) is 34.4 Å². The van der Waals surface area contributed by atoms with E-state index in [0.717, 1.165) is 39.5 Å². The monoisotopic (exact) mass is 422 g/mol. The number of hydrogen-bond acceptors (Lipinski definition) is 5. The number of aromatic nitrogens is 3. The maximum Gasteiger partial charge on any atom is 0.226 e. The van der Waals surface area contributed by atoms with Crippen LogP contribution in [0.5, 0.6) is 11.5 Å². The van der Waals surface area contributed by atoms with Crippen molar-refractivity contribution >= 4 is 11.6 Å². The van der Waals surface area contributed by atoms with Crippen molar-refractivity contribution in [1.29, 1.82) is 0 Å². The first kappa shape index (κ1) is 18.7. The van der Waals surface area contributed by atoms with E-state index in [4.69, 9.17) is 9.47 Å². The van der Waals surface area contributed by atoms with Gasteiger partial charge in [-0.2, -0.15) is 10.1 Å². The Morgan fingerprint density at radius 2 is 1.81 bits per heavy atom. The molecule has 2 aliphatic rings. The molecule has 3 heterocycles. The number of para-hydroxylation sites is 1. The van der Waals surface area contributed by atoms with Gasteiger partial charge in [0.2, 0.25) is 5.95 Å². The van der Waals surface area contributed by atoms with Crippen LogP contribution in [0.15, 0.2) is 84.7 Å². The summed E-state index contributed by atoms with van der Waals surface area (Å²) >= 11 is 0. The number of aryl methyl sites for hydroxylation is 1. The fourth-order valence-electron chi connectivity index (χ4n) is 4.57. The molecule has 0 amide bonds. The lowest BCUT2D eigenvalue weighted by Crippen LogP contribution is -2.32. The lowest BCUT2D eigenvalue weighted by atomic mass is 9.84. The molecule has 0 saturated heterocycles. The summed E-state index contributed by atoms with van der Waals surface area (Å²) in [5, 5.41) is 8.10. The third-order valence-corrected chi connectivity index (χ3v) is 6.11. The highest BCUT2D eigenvalue weighted by Crippen LogP contribution is 2.50. The highest BCUT2D eigenvalue weighted by atomic mass is 16.5. The second-order valence-electron chi connectivity index (χ2n) is 8.07. The van der Waals surface area contributed by atoms with Crippen molar-refractivity contribution in [1.82, 2.24) is 14.8 Å². The van der Waals surface area contributed by atoms with E-state index in [2.05, 4.69) is 64.8 Å². The van der Waals surface area contributed by atoms with Crippen LogP contribution in [0.2, 0.25) is 0 Å². The summed E-state index contributed by atoms with van der Waals surface area (Å²) in [5.74, 6) is 2.35. The molecule has 32 heavy (non-hydrogen) atoms. The predicted octanol–water partition coefficient (Wildman–Crippen LogP) is 5.16. The molecule has 0 fully saturated rings. The van der Waals surface area contributed by atoms with Crippen LogP contribution in [-0.4, -0.2) is 21.9 Å². The normalized spacial score (nSPS) is 18.7. The zero-order valence-electron chi connectivity index (χ0n) is 17.8. The van der Waals surface area contributed by atoms with Gasteiger partial charge in [0.1, 0.15) is 30.0 Å². The molecule has 0 unspecified atom stereocenters. The fraction of sp³-hybridized carbons (Fsp3) is 0.154. The maximum atomic E-state index is 6.64. The van der Waals surface area contributed by atoms with Crippen molar-refractivity contribution in [2.75, 3.05) is 12.4 Å². The Hall–Kier alpha value is -4.06. The molecular formula is C26H22N4O2. The zero-order valence-corrected chi connectivity index (χ0v) is 17.8. The quantitative estimate of drug-likeness (QED) is 0.494. The van der Waals surface area contributed by atoms with Crippen molar-refractivity contribution in [2.24, 2.45) is 0 Å². The van der Waals surface area contributed by atoms with Crippen molar-refractivity contribution in [3.63, 3.8) is 0 Å². The highest BCUT2D eigenvalue weighted by molar-refractivity contribution is 5.85. The minimum absolute atomic E-state index is 0.196. The summed E-state index contributed by atoms with van der Waals surface area (Å²) in [5.41, 5.74) is 6.50. The molecule has 0 saturated carbocycles. The van der Waals surface area contributed by atoms with E-state index in [1.807, 2.05) is 35.0 Å². The largest absolute Gasteiger partial charge is 0.497 e. The molecule has 4 aromatic rings. The van der Waals surface area contributed by atoms with Gasteiger partial charge in [0.25, 0.3) is 0 Å².